The van der Waals surface area contributed by atoms with Gasteiger partial charge in [-0.15, -0.1) is 0 Å². The predicted octanol–water partition coefficient (Wildman–Crippen LogP) is 5.62. The monoisotopic (exact) mass is 623 g/mol. The quantitative estimate of drug-likeness (QED) is 0.249. The van der Waals surface area contributed by atoms with Crippen molar-refractivity contribution in [1.29, 1.82) is 0 Å². The molecule has 0 radical (unpaired) electrons. The van der Waals surface area contributed by atoms with Crippen molar-refractivity contribution in [1.82, 2.24) is 20.1 Å². The summed E-state index contributed by atoms with van der Waals surface area (Å²) in [5, 5.41) is 5.83. The number of amides is 2. The first-order chi connectivity index (χ1) is 20.6. The van der Waals surface area contributed by atoms with E-state index in [2.05, 4.69) is 15.4 Å². The van der Waals surface area contributed by atoms with Gasteiger partial charge in [-0.05, 0) is 54.3 Å². The number of nitrogens with one attached hydrogen (secondary N) is 1. The molecule has 4 aromatic rings. The van der Waals surface area contributed by atoms with Crippen molar-refractivity contribution in [3.8, 4) is 11.1 Å². The zero-order valence-electron chi connectivity index (χ0n) is 22.4. The van der Waals surface area contributed by atoms with E-state index in [0.717, 1.165) is 24.3 Å². The molecule has 2 amide bonds. The van der Waals surface area contributed by atoms with Crippen LogP contribution >= 0.6 is 0 Å². The normalized spacial score (nSPS) is 14.7. The lowest BCUT2D eigenvalue weighted by molar-refractivity contribution is -0.145. The van der Waals surface area contributed by atoms with Gasteiger partial charge in [0.15, 0.2) is 5.69 Å². The van der Waals surface area contributed by atoms with Gasteiger partial charge < -0.3 is 11.1 Å². The fourth-order valence-electron chi connectivity index (χ4n) is 5.24. The van der Waals surface area contributed by atoms with Gasteiger partial charge in [-0.25, -0.2) is 22.0 Å². The average Bonchev–Trinajstić information content (AvgIpc) is 3.45. The Balaban J connectivity index is 1.54. The van der Waals surface area contributed by atoms with E-state index < -0.39 is 89.3 Å². The molecule has 0 saturated heterocycles. The summed E-state index contributed by atoms with van der Waals surface area (Å²) in [6.07, 6.45) is -5.52. The number of carbonyl (C=O) groups is 2. The van der Waals surface area contributed by atoms with E-state index in [-0.39, 0.29) is 28.8 Å². The summed E-state index contributed by atoms with van der Waals surface area (Å²) < 4.78 is 112. The highest BCUT2D eigenvalue weighted by Gasteiger charge is 2.51. The Morgan fingerprint density at radius 1 is 1.05 bits per heavy atom. The summed E-state index contributed by atoms with van der Waals surface area (Å²) in [5.74, 6) is -8.59. The molecule has 3 N–H and O–H groups in total. The first-order valence-corrected chi connectivity index (χ1v) is 13.0. The third-order valence-electron chi connectivity index (χ3n) is 7.07. The number of benzene rings is 2. The molecule has 0 spiro atoms. The lowest BCUT2D eigenvalue weighted by Crippen LogP contribution is -2.34. The van der Waals surface area contributed by atoms with E-state index >= 15 is 0 Å². The molecule has 0 bridgehead atoms. The Kier molecular flexibility index (Phi) is 7.90. The van der Waals surface area contributed by atoms with Crippen LogP contribution < -0.4 is 11.1 Å². The smallest absolute Gasteiger partial charge is 0.366 e. The van der Waals surface area contributed by atoms with Crippen LogP contribution in [-0.2, 0) is 36.3 Å². The van der Waals surface area contributed by atoms with Crippen LogP contribution in [0.5, 0.6) is 0 Å². The number of pyridine rings is 1. The fraction of sp³-hybridized carbons (Fsp3) is 0.241. The maximum Gasteiger partial charge on any atom is 0.435 e. The maximum absolute atomic E-state index is 14.4. The van der Waals surface area contributed by atoms with Crippen molar-refractivity contribution in [3.63, 3.8) is 0 Å². The van der Waals surface area contributed by atoms with Crippen LogP contribution in [0.25, 0.3) is 11.1 Å². The minimum atomic E-state index is -5.20. The number of alkyl halides is 5. The molecular formula is C29H21F8N5O2. The number of fused-ring (bicyclic) bond motifs is 1. The number of hydrogen-bond donors (Lipinski definition) is 2. The molecule has 1 aliphatic carbocycles. The van der Waals surface area contributed by atoms with Gasteiger partial charge in [-0.2, -0.15) is 18.3 Å². The van der Waals surface area contributed by atoms with Crippen LogP contribution in [-0.4, -0.2) is 26.6 Å². The average molecular weight is 624 g/mol. The minimum absolute atomic E-state index is 0.0558. The molecule has 1 unspecified atom stereocenters. The molecular weight excluding hydrogens is 602 g/mol. The molecule has 7 nitrogen and oxygen atoms in total. The summed E-state index contributed by atoms with van der Waals surface area (Å²) in [5.41, 5.74) is 1.91. The Bertz CT molecular complexity index is 1750. The van der Waals surface area contributed by atoms with Crippen molar-refractivity contribution < 1.29 is 44.7 Å². The van der Waals surface area contributed by atoms with Crippen LogP contribution in [0.2, 0.25) is 0 Å². The molecule has 0 aliphatic heterocycles. The summed E-state index contributed by atoms with van der Waals surface area (Å²) >= 11 is 0. The second-order valence-corrected chi connectivity index (χ2v) is 10.1. The van der Waals surface area contributed by atoms with Crippen molar-refractivity contribution in [2.24, 2.45) is 5.73 Å². The van der Waals surface area contributed by atoms with Crippen molar-refractivity contribution in [3.05, 3.63) is 106 Å². The molecule has 2 heterocycles. The highest BCUT2D eigenvalue weighted by Crippen LogP contribution is 2.47. The summed E-state index contributed by atoms with van der Waals surface area (Å²) in [6.45, 7) is -0.896. The summed E-state index contributed by atoms with van der Waals surface area (Å²) in [4.78, 5) is 29.3. The number of rotatable bonds is 8. The van der Waals surface area contributed by atoms with Gasteiger partial charge >= 0.3 is 6.18 Å². The second kappa shape index (κ2) is 11.4. The number of carbonyl (C=O) groups excluding carboxylic acids is 2. The molecule has 2 aromatic heterocycles. The summed E-state index contributed by atoms with van der Waals surface area (Å²) in [7, 11) is 0. The lowest BCUT2D eigenvalue weighted by Gasteiger charge is -2.22. The Hall–Kier alpha value is -4.82. The molecule has 2 aromatic carbocycles. The van der Waals surface area contributed by atoms with Gasteiger partial charge in [-0.3, -0.25) is 19.3 Å². The van der Waals surface area contributed by atoms with Crippen molar-refractivity contribution >= 4 is 11.8 Å². The molecule has 5 rings (SSSR count). The topological polar surface area (TPSA) is 103 Å². The fourth-order valence-corrected chi connectivity index (χ4v) is 5.24. The maximum atomic E-state index is 14.4. The zero-order chi connectivity index (χ0) is 32.0. The van der Waals surface area contributed by atoms with Crippen LogP contribution in [0.3, 0.4) is 0 Å². The first kappa shape index (κ1) is 30.6. The van der Waals surface area contributed by atoms with Crippen LogP contribution in [0.1, 0.15) is 51.0 Å². The highest BCUT2D eigenvalue weighted by molar-refractivity contribution is 5.94. The standard InChI is InChI=1S/C29H21F8N5O2/c30-16-8-14(9-17(31)12-16)10-21(25-18(2-1-7-39-25)15-3-4-20(32)19(11-15)27(38)44)40-23(43)13-42-22-5-6-28(33,34)24(22)26(41-42)29(35,36)37/h1-4,7-9,11-12,21H,5-6,10,13H2,(H2,38,44)(H,40,43). The predicted molar refractivity (Wildman–Crippen MR) is 139 cm³/mol. The van der Waals surface area contributed by atoms with Gasteiger partial charge in [0.2, 0.25) is 5.91 Å². The first-order valence-electron chi connectivity index (χ1n) is 13.0. The second-order valence-electron chi connectivity index (χ2n) is 10.1. The van der Waals surface area contributed by atoms with Crippen LogP contribution in [0.15, 0.2) is 54.7 Å². The number of aromatic nitrogens is 3. The SMILES string of the molecule is NC(=O)c1cc(-c2cccnc2C(Cc2cc(F)cc(F)c2)NC(=O)Cn2nc(C(F)(F)F)c3c2CCC3(F)F)ccc1F. The molecule has 0 saturated carbocycles. The van der Waals surface area contributed by atoms with E-state index in [1.165, 1.54) is 24.4 Å². The number of halogens is 8. The lowest BCUT2D eigenvalue weighted by atomic mass is 9.94. The zero-order valence-corrected chi connectivity index (χ0v) is 22.4. The van der Waals surface area contributed by atoms with Crippen molar-refractivity contribution in [2.45, 2.75) is 43.9 Å². The molecule has 44 heavy (non-hydrogen) atoms. The molecule has 0 fully saturated rings. The van der Waals surface area contributed by atoms with Gasteiger partial charge in [0.1, 0.15) is 24.0 Å². The van der Waals surface area contributed by atoms with E-state index in [1.54, 1.807) is 0 Å². The third kappa shape index (κ3) is 6.12. The number of nitrogens with zero attached hydrogens (tertiary/aromatic N) is 3. The molecule has 1 atom stereocenters. The molecule has 15 heteroatoms. The highest BCUT2D eigenvalue weighted by atomic mass is 19.4. The third-order valence-corrected chi connectivity index (χ3v) is 7.07. The van der Waals surface area contributed by atoms with Gasteiger partial charge in [0, 0.05) is 29.9 Å². The number of primary amides is 1. The van der Waals surface area contributed by atoms with E-state index in [0.29, 0.717) is 10.7 Å². The Morgan fingerprint density at radius 2 is 1.75 bits per heavy atom. The van der Waals surface area contributed by atoms with E-state index in [4.69, 9.17) is 5.73 Å². The Labute approximate surface area is 243 Å². The van der Waals surface area contributed by atoms with Gasteiger partial charge in [0.05, 0.1) is 22.9 Å². The molecule has 1 aliphatic rings. The minimum Gasteiger partial charge on any atom is -0.366 e. The summed E-state index contributed by atoms with van der Waals surface area (Å²) in [6, 6.07) is 7.81. The number of hydrogen-bond acceptors (Lipinski definition) is 4. The van der Waals surface area contributed by atoms with E-state index in [1.807, 2.05) is 0 Å². The van der Waals surface area contributed by atoms with Crippen LogP contribution in [0, 0.1) is 17.5 Å². The van der Waals surface area contributed by atoms with Crippen LogP contribution in [0.4, 0.5) is 35.1 Å². The van der Waals surface area contributed by atoms with Gasteiger partial charge in [-0.1, -0.05) is 12.1 Å². The molecule has 230 valence electrons. The number of nitrogens with two attached hydrogens (primary N) is 1. The van der Waals surface area contributed by atoms with Crippen molar-refractivity contribution in [2.75, 3.05) is 0 Å². The largest absolute Gasteiger partial charge is 0.435 e. The van der Waals surface area contributed by atoms with Gasteiger partial charge in [0.25, 0.3) is 11.8 Å². The Morgan fingerprint density at radius 3 is 2.41 bits per heavy atom. The van der Waals surface area contributed by atoms with E-state index in [9.17, 15) is 44.7 Å².